The Hall–Kier alpha value is -1.73. The van der Waals surface area contributed by atoms with Crippen molar-refractivity contribution >= 4 is 0 Å². The molecule has 0 unspecified atom stereocenters. The summed E-state index contributed by atoms with van der Waals surface area (Å²) in [6, 6.07) is 7.76. The van der Waals surface area contributed by atoms with Gasteiger partial charge in [0, 0.05) is 6.54 Å². The Labute approximate surface area is 88.4 Å². The van der Waals surface area contributed by atoms with Gasteiger partial charge in [0.2, 0.25) is 6.79 Å². The summed E-state index contributed by atoms with van der Waals surface area (Å²) < 4.78 is 10.5. The molecule has 0 saturated carbocycles. The molecule has 0 aliphatic carbocycles. The van der Waals surface area contributed by atoms with E-state index in [4.69, 9.17) is 14.7 Å². The smallest absolute Gasteiger partial charge is 0.231 e. The molecule has 2 rings (SSSR count). The zero-order chi connectivity index (χ0) is 10.7. The monoisotopic (exact) mass is 204 g/mol. The number of rotatable bonds is 3. The highest BCUT2D eigenvalue weighted by molar-refractivity contribution is 5.44. The maximum atomic E-state index is 8.61. The second-order valence-corrected chi connectivity index (χ2v) is 3.42. The Morgan fingerprint density at radius 1 is 1.47 bits per heavy atom. The summed E-state index contributed by atoms with van der Waals surface area (Å²) >= 11 is 0. The molecule has 1 aromatic rings. The van der Waals surface area contributed by atoms with E-state index in [9.17, 15) is 0 Å². The Balaban J connectivity index is 2.01. The van der Waals surface area contributed by atoms with E-state index >= 15 is 0 Å². The lowest BCUT2D eigenvalue weighted by molar-refractivity contribution is 0.174. The van der Waals surface area contributed by atoms with Crippen molar-refractivity contribution in [1.82, 2.24) is 5.32 Å². The SMILES string of the molecule is C[C@@H](C#N)NCc1ccc2c(c1)OCO2. The fourth-order valence-electron chi connectivity index (χ4n) is 1.37. The highest BCUT2D eigenvalue weighted by Gasteiger charge is 2.13. The number of hydrogen-bond donors (Lipinski definition) is 1. The highest BCUT2D eigenvalue weighted by atomic mass is 16.7. The van der Waals surface area contributed by atoms with Crippen LogP contribution in [0.4, 0.5) is 0 Å². The predicted octanol–water partition coefficient (Wildman–Crippen LogP) is 1.42. The van der Waals surface area contributed by atoms with Crippen LogP contribution in [0.1, 0.15) is 12.5 Å². The Morgan fingerprint density at radius 2 is 2.27 bits per heavy atom. The van der Waals surface area contributed by atoms with Crippen LogP contribution in [0, 0.1) is 11.3 Å². The fourth-order valence-corrected chi connectivity index (χ4v) is 1.37. The summed E-state index contributed by atoms with van der Waals surface area (Å²) in [4.78, 5) is 0. The lowest BCUT2D eigenvalue weighted by Gasteiger charge is -2.06. The molecule has 78 valence electrons. The maximum absolute atomic E-state index is 8.61. The first kappa shape index (κ1) is 9.81. The molecule has 0 fully saturated rings. The number of ether oxygens (including phenoxy) is 2. The number of nitrogens with zero attached hydrogens (tertiary/aromatic N) is 1. The van der Waals surface area contributed by atoms with E-state index in [2.05, 4.69) is 11.4 Å². The van der Waals surface area contributed by atoms with Gasteiger partial charge in [0.25, 0.3) is 0 Å². The van der Waals surface area contributed by atoms with Gasteiger partial charge in [-0.2, -0.15) is 5.26 Å². The molecule has 1 N–H and O–H groups in total. The van der Waals surface area contributed by atoms with Crippen molar-refractivity contribution in [3.8, 4) is 17.6 Å². The molecule has 1 aromatic carbocycles. The van der Waals surface area contributed by atoms with Gasteiger partial charge < -0.3 is 9.47 Å². The van der Waals surface area contributed by atoms with Crippen molar-refractivity contribution in [3.05, 3.63) is 23.8 Å². The average Bonchev–Trinajstić information content (AvgIpc) is 2.72. The summed E-state index contributed by atoms with van der Waals surface area (Å²) in [6.07, 6.45) is 0. The van der Waals surface area contributed by atoms with Gasteiger partial charge >= 0.3 is 0 Å². The van der Waals surface area contributed by atoms with E-state index in [0.717, 1.165) is 17.1 Å². The van der Waals surface area contributed by atoms with E-state index in [0.29, 0.717) is 13.3 Å². The number of hydrogen-bond acceptors (Lipinski definition) is 4. The van der Waals surface area contributed by atoms with Crippen LogP contribution in [-0.4, -0.2) is 12.8 Å². The standard InChI is InChI=1S/C11H12N2O2/c1-8(5-12)13-6-9-2-3-10-11(4-9)15-7-14-10/h2-4,8,13H,6-7H2,1H3/t8-/m0/s1. The average molecular weight is 204 g/mol. The van der Waals surface area contributed by atoms with Crippen molar-refractivity contribution in [2.24, 2.45) is 0 Å². The van der Waals surface area contributed by atoms with E-state index < -0.39 is 0 Å². The minimum absolute atomic E-state index is 0.143. The number of nitriles is 1. The van der Waals surface area contributed by atoms with Crippen LogP contribution >= 0.6 is 0 Å². The van der Waals surface area contributed by atoms with Crippen LogP contribution < -0.4 is 14.8 Å². The predicted molar refractivity (Wildman–Crippen MR) is 54.5 cm³/mol. The van der Waals surface area contributed by atoms with Gasteiger partial charge in [0.15, 0.2) is 11.5 Å². The van der Waals surface area contributed by atoms with Crippen LogP contribution in [0.3, 0.4) is 0 Å². The van der Waals surface area contributed by atoms with Crippen molar-refractivity contribution in [2.75, 3.05) is 6.79 Å². The summed E-state index contributed by atoms with van der Waals surface area (Å²) in [5.74, 6) is 1.56. The van der Waals surface area contributed by atoms with Crippen LogP contribution in [0.25, 0.3) is 0 Å². The van der Waals surface area contributed by atoms with Crippen LogP contribution in [0.5, 0.6) is 11.5 Å². The lowest BCUT2D eigenvalue weighted by Crippen LogP contribution is -2.23. The largest absolute Gasteiger partial charge is 0.454 e. The maximum Gasteiger partial charge on any atom is 0.231 e. The molecule has 1 aliphatic rings. The van der Waals surface area contributed by atoms with Crippen molar-refractivity contribution < 1.29 is 9.47 Å². The molecule has 0 aromatic heterocycles. The normalized spacial score (nSPS) is 14.7. The molecule has 15 heavy (non-hydrogen) atoms. The molecular weight excluding hydrogens is 192 g/mol. The zero-order valence-corrected chi connectivity index (χ0v) is 8.49. The molecule has 0 bridgehead atoms. The first-order chi connectivity index (χ1) is 7.29. The van der Waals surface area contributed by atoms with Gasteiger partial charge in [0.05, 0.1) is 12.1 Å². The van der Waals surface area contributed by atoms with Crippen molar-refractivity contribution in [1.29, 1.82) is 5.26 Å². The van der Waals surface area contributed by atoms with Crippen molar-refractivity contribution in [3.63, 3.8) is 0 Å². The van der Waals surface area contributed by atoms with E-state index in [1.54, 1.807) is 0 Å². The van der Waals surface area contributed by atoms with Crippen LogP contribution in [-0.2, 0) is 6.54 Å². The Bertz CT molecular complexity index is 398. The Morgan fingerprint density at radius 3 is 3.07 bits per heavy atom. The zero-order valence-electron chi connectivity index (χ0n) is 8.49. The third-order valence-corrected chi connectivity index (χ3v) is 2.24. The molecule has 4 heteroatoms. The minimum atomic E-state index is -0.143. The van der Waals surface area contributed by atoms with E-state index in [-0.39, 0.29) is 6.04 Å². The second-order valence-electron chi connectivity index (χ2n) is 3.42. The van der Waals surface area contributed by atoms with Crippen molar-refractivity contribution in [2.45, 2.75) is 19.5 Å². The molecule has 0 saturated heterocycles. The molecule has 1 aliphatic heterocycles. The first-order valence-corrected chi connectivity index (χ1v) is 4.81. The molecule has 1 atom stereocenters. The minimum Gasteiger partial charge on any atom is -0.454 e. The van der Waals surface area contributed by atoms with Gasteiger partial charge in [-0.3, -0.25) is 5.32 Å². The summed E-state index contributed by atoms with van der Waals surface area (Å²) in [6.45, 7) is 2.78. The van der Waals surface area contributed by atoms with Crippen LogP contribution in [0.2, 0.25) is 0 Å². The van der Waals surface area contributed by atoms with Gasteiger partial charge in [-0.05, 0) is 24.6 Å². The fraction of sp³-hybridized carbons (Fsp3) is 0.364. The Kier molecular flexibility index (Phi) is 2.75. The third-order valence-electron chi connectivity index (χ3n) is 2.24. The quantitative estimate of drug-likeness (QED) is 0.809. The van der Waals surface area contributed by atoms with E-state index in [1.807, 2.05) is 25.1 Å². The topological polar surface area (TPSA) is 54.3 Å². The van der Waals surface area contributed by atoms with Gasteiger partial charge in [-0.15, -0.1) is 0 Å². The highest BCUT2D eigenvalue weighted by Crippen LogP contribution is 2.32. The lowest BCUT2D eigenvalue weighted by atomic mass is 10.2. The molecular formula is C11H12N2O2. The second kappa shape index (κ2) is 4.20. The van der Waals surface area contributed by atoms with Gasteiger partial charge in [-0.25, -0.2) is 0 Å². The number of nitrogens with one attached hydrogen (secondary N) is 1. The van der Waals surface area contributed by atoms with Gasteiger partial charge in [0.1, 0.15) is 0 Å². The van der Waals surface area contributed by atoms with E-state index in [1.165, 1.54) is 0 Å². The molecule has 1 heterocycles. The number of fused-ring (bicyclic) bond motifs is 1. The van der Waals surface area contributed by atoms with Gasteiger partial charge in [-0.1, -0.05) is 6.07 Å². The summed E-state index contributed by atoms with van der Waals surface area (Å²) in [5.41, 5.74) is 1.08. The molecule has 0 spiro atoms. The third kappa shape index (κ3) is 2.20. The summed E-state index contributed by atoms with van der Waals surface area (Å²) in [7, 11) is 0. The molecule has 4 nitrogen and oxygen atoms in total. The molecule has 0 amide bonds. The number of benzene rings is 1. The summed E-state index contributed by atoms with van der Waals surface area (Å²) in [5, 5.41) is 11.7. The van der Waals surface area contributed by atoms with Crippen LogP contribution in [0.15, 0.2) is 18.2 Å². The molecule has 0 radical (unpaired) electrons. The first-order valence-electron chi connectivity index (χ1n) is 4.81.